The SMILES string of the molecule is COc1ccc(Br)cc1C(N)N(C)C. The molecule has 0 aromatic heterocycles. The van der Waals surface area contributed by atoms with Crippen LogP contribution in [0.5, 0.6) is 5.75 Å². The second-order valence-electron chi connectivity index (χ2n) is 3.29. The molecule has 1 aromatic carbocycles. The summed E-state index contributed by atoms with van der Waals surface area (Å²) in [6.07, 6.45) is -0.151. The summed E-state index contributed by atoms with van der Waals surface area (Å²) in [5.41, 5.74) is 6.99. The Morgan fingerprint density at radius 1 is 1.43 bits per heavy atom. The van der Waals surface area contributed by atoms with Gasteiger partial charge in [-0.2, -0.15) is 0 Å². The molecule has 1 aromatic rings. The fraction of sp³-hybridized carbons (Fsp3) is 0.400. The molecular formula is C10H15BrN2O. The summed E-state index contributed by atoms with van der Waals surface area (Å²) in [7, 11) is 5.52. The molecule has 78 valence electrons. The average molecular weight is 259 g/mol. The van der Waals surface area contributed by atoms with Crippen molar-refractivity contribution in [3.05, 3.63) is 28.2 Å². The van der Waals surface area contributed by atoms with Gasteiger partial charge >= 0.3 is 0 Å². The Morgan fingerprint density at radius 3 is 2.57 bits per heavy atom. The molecule has 4 heteroatoms. The molecule has 1 atom stereocenters. The Bertz CT molecular complexity index is 315. The molecule has 0 aliphatic rings. The van der Waals surface area contributed by atoms with E-state index in [0.717, 1.165) is 15.8 Å². The van der Waals surface area contributed by atoms with Crippen molar-refractivity contribution < 1.29 is 4.74 Å². The van der Waals surface area contributed by atoms with Crippen molar-refractivity contribution in [2.75, 3.05) is 21.2 Å². The van der Waals surface area contributed by atoms with E-state index in [2.05, 4.69) is 15.9 Å². The Balaban J connectivity index is 3.10. The van der Waals surface area contributed by atoms with Crippen LogP contribution < -0.4 is 10.5 Å². The smallest absolute Gasteiger partial charge is 0.125 e. The van der Waals surface area contributed by atoms with Crippen molar-refractivity contribution in [2.45, 2.75) is 6.17 Å². The highest BCUT2D eigenvalue weighted by molar-refractivity contribution is 9.10. The number of hydrogen-bond donors (Lipinski definition) is 1. The van der Waals surface area contributed by atoms with Crippen LogP contribution in [0.15, 0.2) is 22.7 Å². The van der Waals surface area contributed by atoms with Crippen molar-refractivity contribution in [2.24, 2.45) is 5.73 Å². The van der Waals surface area contributed by atoms with E-state index in [4.69, 9.17) is 10.5 Å². The number of ether oxygens (including phenoxy) is 1. The van der Waals surface area contributed by atoms with Gasteiger partial charge in [-0.1, -0.05) is 15.9 Å². The highest BCUT2D eigenvalue weighted by Crippen LogP contribution is 2.27. The minimum Gasteiger partial charge on any atom is -0.496 e. The van der Waals surface area contributed by atoms with E-state index in [1.165, 1.54) is 0 Å². The van der Waals surface area contributed by atoms with Crippen LogP contribution in [0.3, 0.4) is 0 Å². The Kier molecular flexibility index (Phi) is 3.92. The van der Waals surface area contributed by atoms with Gasteiger partial charge in [-0.15, -0.1) is 0 Å². The van der Waals surface area contributed by atoms with Crippen molar-refractivity contribution in [3.8, 4) is 5.75 Å². The topological polar surface area (TPSA) is 38.5 Å². The third kappa shape index (κ3) is 2.47. The highest BCUT2D eigenvalue weighted by Gasteiger charge is 2.13. The maximum Gasteiger partial charge on any atom is 0.125 e. The van der Waals surface area contributed by atoms with E-state index < -0.39 is 0 Å². The van der Waals surface area contributed by atoms with Gasteiger partial charge in [0, 0.05) is 10.0 Å². The molecule has 0 saturated carbocycles. The second-order valence-corrected chi connectivity index (χ2v) is 4.21. The number of nitrogens with zero attached hydrogens (tertiary/aromatic N) is 1. The summed E-state index contributed by atoms with van der Waals surface area (Å²) in [6.45, 7) is 0. The first-order valence-corrected chi connectivity index (χ1v) is 5.11. The first-order valence-electron chi connectivity index (χ1n) is 4.31. The molecule has 3 nitrogen and oxygen atoms in total. The fourth-order valence-electron chi connectivity index (χ4n) is 1.21. The molecule has 0 aliphatic heterocycles. The lowest BCUT2D eigenvalue weighted by molar-refractivity contribution is 0.295. The predicted molar refractivity (Wildman–Crippen MR) is 61.3 cm³/mol. The first-order chi connectivity index (χ1) is 6.56. The third-order valence-corrected chi connectivity index (χ3v) is 2.56. The summed E-state index contributed by atoms with van der Waals surface area (Å²) < 4.78 is 6.25. The maximum absolute atomic E-state index is 6.01. The number of nitrogens with two attached hydrogens (primary N) is 1. The predicted octanol–water partition coefficient (Wildman–Crippen LogP) is 1.98. The van der Waals surface area contributed by atoms with Crippen molar-refractivity contribution in [3.63, 3.8) is 0 Å². The Hall–Kier alpha value is -0.580. The van der Waals surface area contributed by atoms with Gasteiger partial charge in [-0.05, 0) is 32.3 Å². The van der Waals surface area contributed by atoms with E-state index in [0.29, 0.717) is 0 Å². The molecule has 0 spiro atoms. The van der Waals surface area contributed by atoms with E-state index in [1.54, 1.807) is 7.11 Å². The van der Waals surface area contributed by atoms with Crippen LogP contribution >= 0.6 is 15.9 Å². The molecule has 0 amide bonds. The zero-order valence-corrected chi connectivity index (χ0v) is 10.2. The van der Waals surface area contributed by atoms with Gasteiger partial charge in [0.25, 0.3) is 0 Å². The van der Waals surface area contributed by atoms with Gasteiger partial charge < -0.3 is 10.5 Å². The minimum absolute atomic E-state index is 0.151. The lowest BCUT2D eigenvalue weighted by Crippen LogP contribution is -2.27. The van der Waals surface area contributed by atoms with E-state index >= 15 is 0 Å². The van der Waals surface area contributed by atoms with Crippen LogP contribution in [0.2, 0.25) is 0 Å². The number of rotatable bonds is 3. The van der Waals surface area contributed by atoms with Gasteiger partial charge in [0.05, 0.1) is 13.3 Å². The van der Waals surface area contributed by atoms with Gasteiger partial charge in [0.2, 0.25) is 0 Å². The van der Waals surface area contributed by atoms with Crippen LogP contribution in [-0.2, 0) is 0 Å². The third-order valence-electron chi connectivity index (χ3n) is 2.07. The largest absolute Gasteiger partial charge is 0.496 e. The van der Waals surface area contributed by atoms with Crippen molar-refractivity contribution in [1.82, 2.24) is 4.90 Å². The molecule has 0 saturated heterocycles. The molecule has 0 radical (unpaired) electrons. The standard InChI is InChI=1S/C10H15BrN2O/c1-13(2)10(12)8-6-7(11)4-5-9(8)14-3/h4-6,10H,12H2,1-3H3. The van der Waals surface area contributed by atoms with Gasteiger partial charge in [0.1, 0.15) is 5.75 Å². The summed E-state index contributed by atoms with van der Waals surface area (Å²) in [4.78, 5) is 1.93. The van der Waals surface area contributed by atoms with E-state index in [9.17, 15) is 0 Å². The molecule has 0 fully saturated rings. The van der Waals surface area contributed by atoms with Gasteiger partial charge in [0.15, 0.2) is 0 Å². The molecular weight excluding hydrogens is 244 g/mol. The van der Waals surface area contributed by atoms with Gasteiger partial charge in [-0.3, -0.25) is 4.90 Å². The maximum atomic E-state index is 6.01. The van der Waals surface area contributed by atoms with Crippen LogP contribution in [0.1, 0.15) is 11.7 Å². The molecule has 2 N–H and O–H groups in total. The number of methoxy groups -OCH3 is 1. The molecule has 0 heterocycles. The summed E-state index contributed by atoms with van der Waals surface area (Å²) >= 11 is 3.41. The second kappa shape index (κ2) is 4.77. The average Bonchev–Trinajstić information content (AvgIpc) is 2.16. The van der Waals surface area contributed by atoms with Crippen LogP contribution in [0.25, 0.3) is 0 Å². The van der Waals surface area contributed by atoms with Crippen LogP contribution in [0, 0.1) is 0 Å². The molecule has 0 aliphatic carbocycles. The highest BCUT2D eigenvalue weighted by atomic mass is 79.9. The number of halogens is 1. The molecule has 1 unspecified atom stereocenters. The zero-order valence-electron chi connectivity index (χ0n) is 8.62. The fourth-order valence-corrected chi connectivity index (χ4v) is 1.59. The first kappa shape index (κ1) is 11.5. The molecule has 1 rings (SSSR count). The minimum atomic E-state index is -0.151. The Labute approximate surface area is 93.0 Å². The van der Waals surface area contributed by atoms with E-state index in [1.807, 2.05) is 37.2 Å². The Morgan fingerprint density at radius 2 is 2.07 bits per heavy atom. The normalized spacial score (nSPS) is 13.0. The lowest BCUT2D eigenvalue weighted by Gasteiger charge is -2.22. The monoisotopic (exact) mass is 258 g/mol. The number of benzene rings is 1. The van der Waals surface area contributed by atoms with Crippen molar-refractivity contribution >= 4 is 15.9 Å². The lowest BCUT2D eigenvalue weighted by atomic mass is 10.1. The molecule has 14 heavy (non-hydrogen) atoms. The summed E-state index contributed by atoms with van der Waals surface area (Å²) in [6, 6.07) is 5.82. The van der Waals surface area contributed by atoms with Gasteiger partial charge in [-0.25, -0.2) is 0 Å². The van der Waals surface area contributed by atoms with Crippen LogP contribution in [0.4, 0.5) is 0 Å². The summed E-state index contributed by atoms with van der Waals surface area (Å²) in [5, 5.41) is 0. The quantitative estimate of drug-likeness (QED) is 0.843. The van der Waals surface area contributed by atoms with Crippen molar-refractivity contribution in [1.29, 1.82) is 0 Å². The molecule has 0 bridgehead atoms. The number of hydrogen-bond acceptors (Lipinski definition) is 3. The summed E-state index contributed by atoms with van der Waals surface area (Å²) in [5.74, 6) is 0.814. The van der Waals surface area contributed by atoms with E-state index in [-0.39, 0.29) is 6.17 Å². The van der Waals surface area contributed by atoms with Crippen LogP contribution in [-0.4, -0.2) is 26.1 Å². The zero-order chi connectivity index (χ0) is 10.7.